The lowest BCUT2D eigenvalue weighted by molar-refractivity contribution is 0.102. The van der Waals surface area contributed by atoms with Crippen LogP contribution in [0.3, 0.4) is 0 Å². The first-order chi connectivity index (χ1) is 13.6. The van der Waals surface area contributed by atoms with Crippen LogP contribution in [-0.4, -0.2) is 29.8 Å². The van der Waals surface area contributed by atoms with Gasteiger partial charge in [0.1, 0.15) is 11.6 Å². The van der Waals surface area contributed by atoms with Crippen molar-refractivity contribution >= 4 is 29.0 Å². The minimum atomic E-state index is -0.335. The number of nitrogens with one attached hydrogen (secondary N) is 2. The van der Waals surface area contributed by atoms with Crippen LogP contribution in [0.2, 0.25) is 5.02 Å². The van der Waals surface area contributed by atoms with Crippen LogP contribution in [0.5, 0.6) is 5.75 Å². The van der Waals surface area contributed by atoms with Crippen molar-refractivity contribution in [2.45, 2.75) is 13.3 Å². The highest BCUT2D eigenvalue weighted by Gasteiger charge is 2.11. The molecule has 3 rings (SSSR count). The zero-order valence-electron chi connectivity index (χ0n) is 15.7. The third-order valence-corrected chi connectivity index (χ3v) is 4.72. The Morgan fingerprint density at radius 3 is 2.64 bits per heavy atom. The van der Waals surface area contributed by atoms with E-state index in [0.717, 1.165) is 23.3 Å². The van der Waals surface area contributed by atoms with Crippen LogP contribution in [0.25, 0.3) is 0 Å². The second-order valence-corrected chi connectivity index (χ2v) is 6.57. The summed E-state index contributed by atoms with van der Waals surface area (Å²) in [6.45, 7) is 2.51. The summed E-state index contributed by atoms with van der Waals surface area (Å²) in [5, 5.41) is 14.7. The van der Waals surface area contributed by atoms with Crippen molar-refractivity contribution in [2.75, 3.05) is 24.3 Å². The van der Waals surface area contributed by atoms with Crippen molar-refractivity contribution in [3.63, 3.8) is 0 Å². The molecule has 2 aromatic carbocycles. The zero-order valence-corrected chi connectivity index (χ0v) is 16.5. The van der Waals surface area contributed by atoms with E-state index in [9.17, 15) is 4.79 Å². The number of anilines is 2. The molecule has 144 valence electrons. The van der Waals surface area contributed by atoms with Gasteiger partial charge in [0, 0.05) is 17.3 Å². The first kappa shape index (κ1) is 19.6. The average molecular weight is 397 g/mol. The Hall–Kier alpha value is -3.12. The van der Waals surface area contributed by atoms with E-state index in [0.29, 0.717) is 23.1 Å². The van der Waals surface area contributed by atoms with E-state index in [1.54, 1.807) is 37.4 Å². The summed E-state index contributed by atoms with van der Waals surface area (Å²) < 4.78 is 5.35. The number of carbonyl (C=O) groups is 1. The summed E-state index contributed by atoms with van der Waals surface area (Å²) in [5.41, 5.74) is 2.80. The van der Waals surface area contributed by atoms with Crippen molar-refractivity contribution in [3.05, 3.63) is 76.4 Å². The lowest BCUT2D eigenvalue weighted by atomic mass is 10.1. The van der Waals surface area contributed by atoms with Crippen LogP contribution in [0.15, 0.2) is 54.6 Å². The van der Waals surface area contributed by atoms with Gasteiger partial charge in [0.15, 0.2) is 5.69 Å². The molecule has 0 unspecified atom stereocenters. The first-order valence-electron chi connectivity index (χ1n) is 8.84. The number of methoxy groups -OCH3 is 1. The molecular formula is C21H21ClN4O2. The van der Waals surface area contributed by atoms with Crippen LogP contribution in [0.4, 0.5) is 11.5 Å². The monoisotopic (exact) mass is 396 g/mol. The van der Waals surface area contributed by atoms with Gasteiger partial charge >= 0.3 is 0 Å². The second kappa shape index (κ2) is 9.19. The number of carbonyl (C=O) groups excluding carboxylic acids is 1. The number of hydrogen-bond acceptors (Lipinski definition) is 5. The Bertz CT molecular complexity index is 961. The van der Waals surface area contributed by atoms with Crippen molar-refractivity contribution in [1.29, 1.82) is 0 Å². The molecule has 2 N–H and O–H groups in total. The Morgan fingerprint density at radius 2 is 1.89 bits per heavy atom. The van der Waals surface area contributed by atoms with Gasteiger partial charge in [-0.1, -0.05) is 35.9 Å². The highest BCUT2D eigenvalue weighted by atomic mass is 35.5. The van der Waals surface area contributed by atoms with E-state index in [-0.39, 0.29) is 11.6 Å². The predicted octanol–water partition coefficient (Wildman–Crippen LogP) is 4.35. The van der Waals surface area contributed by atoms with Crippen molar-refractivity contribution in [3.8, 4) is 5.75 Å². The number of amides is 1. The van der Waals surface area contributed by atoms with Crippen molar-refractivity contribution in [2.24, 2.45) is 0 Å². The molecule has 0 aliphatic heterocycles. The molecule has 7 heteroatoms. The number of rotatable bonds is 7. The molecule has 28 heavy (non-hydrogen) atoms. The number of benzene rings is 2. The molecule has 1 amide bonds. The van der Waals surface area contributed by atoms with E-state index < -0.39 is 0 Å². The molecule has 1 aromatic heterocycles. The van der Waals surface area contributed by atoms with Gasteiger partial charge in [0.2, 0.25) is 0 Å². The van der Waals surface area contributed by atoms with Crippen LogP contribution in [-0.2, 0) is 6.42 Å². The topological polar surface area (TPSA) is 76.1 Å². The molecule has 6 nitrogen and oxygen atoms in total. The van der Waals surface area contributed by atoms with Crippen molar-refractivity contribution in [1.82, 2.24) is 10.2 Å². The molecule has 0 bridgehead atoms. The van der Waals surface area contributed by atoms with Crippen LogP contribution < -0.4 is 15.4 Å². The van der Waals surface area contributed by atoms with E-state index in [4.69, 9.17) is 16.3 Å². The van der Waals surface area contributed by atoms with E-state index in [2.05, 4.69) is 20.8 Å². The maximum Gasteiger partial charge on any atom is 0.276 e. The third kappa shape index (κ3) is 4.78. The molecule has 0 fully saturated rings. The number of halogens is 1. The number of nitrogens with zero attached hydrogens (tertiary/aromatic N) is 2. The van der Waals surface area contributed by atoms with Gasteiger partial charge < -0.3 is 15.4 Å². The summed E-state index contributed by atoms with van der Waals surface area (Å²) >= 11 is 6.08. The van der Waals surface area contributed by atoms with Gasteiger partial charge in [-0.25, -0.2) is 0 Å². The maximum absolute atomic E-state index is 12.4. The summed E-state index contributed by atoms with van der Waals surface area (Å²) in [7, 11) is 1.66. The number of ether oxygens (including phenoxy) is 1. The zero-order chi connectivity index (χ0) is 19.9. The molecular weight excluding hydrogens is 376 g/mol. The smallest absolute Gasteiger partial charge is 0.276 e. The fourth-order valence-corrected chi connectivity index (χ4v) is 2.89. The molecule has 0 atom stereocenters. The van der Waals surface area contributed by atoms with E-state index >= 15 is 0 Å². The largest absolute Gasteiger partial charge is 0.496 e. The molecule has 0 aliphatic carbocycles. The highest BCUT2D eigenvalue weighted by molar-refractivity contribution is 6.31. The number of para-hydroxylation sites is 1. The second-order valence-electron chi connectivity index (χ2n) is 6.16. The Labute approximate surface area is 168 Å². The van der Waals surface area contributed by atoms with Gasteiger partial charge in [0.25, 0.3) is 5.91 Å². The van der Waals surface area contributed by atoms with E-state index in [1.807, 2.05) is 31.2 Å². The molecule has 1 heterocycles. The third-order valence-electron chi connectivity index (χ3n) is 4.31. The normalized spacial score (nSPS) is 10.4. The van der Waals surface area contributed by atoms with Gasteiger partial charge in [-0.2, -0.15) is 0 Å². The number of aromatic nitrogens is 2. The molecule has 0 spiro atoms. The van der Waals surface area contributed by atoms with Crippen LogP contribution in [0.1, 0.15) is 21.6 Å². The maximum atomic E-state index is 12.4. The Kier molecular flexibility index (Phi) is 6.45. The first-order valence-corrected chi connectivity index (χ1v) is 9.22. The van der Waals surface area contributed by atoms with Crippen LogP contribution in [0, 0.1) is 6.92 Å². The fourth-order valence-electron chi connectivity index (χ4n) is 2.71. The molecule has 0 saturated carbocycles. The standard InChI is InChI=1S/C21H21ClN4O2/c1-14-16(22)7-5-8-17(14)24-21(27)18-10-11-20(26-25-18)23-13-12-15-6-3-4-9-19(15)28-2/h3-11H,12-13H2,1-2H3,(H,23,26)(H,24,27). The molecule has 0 radical (unpaired) electrons. The van der Waals surface area contributed by atoms with Gasteiger partial charge in [-0.05, 0) is 54.8 Å². The average Bonchev–Trinajstić information content (AvgIpc) is 2.72. The van der Waals surface area contributed by atoms with Crippen LogP contribution >= 0.6 is 11.6 Å². The van der Waals surface area contributed by atoms with Crippen molar-refractivity contribution < 1.29 is 9.53 Å². The summed E-state index contributed by atoms with van der Waals surface area (Å²) in [6, 6.07) is 16.6. The molecule has 3 aromatic rings. The summed E-state index contributed by atoms with van der Waals surface area (Å²) in [4.78, 5) is 12.4. The summed E-state index contributed by atoms with van der Waals surface area (Å²) in [5.74, 6) is 1.13. The Morgan fingerprint density at radius 1 is 1.07 bits per heavy atom. The van der Waals surface area contributed by atoms with E-state index in [1.165, 1.54) is 0 Å². The minimum Gasteiger partial charge on any atom is -0.496 e. The Balaban J connectivity index is 1.57. The van der Waals surface area contributed by atoms with Gasteiger partial charge in [-0.15, -0.1) is 10.2 Å². The molecule has 0 saturated heterocycles. The highest BCUT2D eigenvalue weighted by Crippen LogP contribution is 2.23. The number of hydrogen-bond donors (Lipinski definition) is 2. The fraction of sp³-hybridized carbons (Fsp3) is 0.190. The molecule has 0 aliphatic rings. The SMILES string of the molecule is COc1ccccc1CCNc1ccc(C(=O)Nc2cccc(Cl)c2C)nn1. The van der Waals surface area contributed by atoms with Gasteiger partial charge in [0.05, 0.1) is 7.11 Å². The van der Waals surface area contributed by atoms with Gasteiger partial charge in [-0.3, -0.25) is 4.79 Å². The lowest BCUT2D eigenvalue weighted by Gasteiger charge is -2.10. The predicted molar refractivity (Wildman–Crippen MR) is 111 cm³/mol. The lowest BCUT2D eigenvalue weighted by Crippen LogP contribution is -2.16. The minimum absolute atomic E-state index is 0.231. The summed E-state index contributed by atoms with van der Waals surface area (Å²) in [6.07, 6.45) is 0.780. The quantitative estimate of drug-likeness (QED) is 0.620.